The van der Waals surface area contributed by atoms with Crippen molar-refractivity contribution in [3.8, 4) is 23.0 Å². The lowest BCUT2D eigenvalue weighted by Crippen LogP contribution is -2.35. The van der Waals surface area contributed by atoms with Gasteiger partial charge in [0.25, 0.3) is 0 Å². The third-order valence-corrected chi connectivity index (χ3v) is 5.38. The third-order valence-electron chi connectivity index (χ3n) is 5.38. The number of benzene rings is 2. The minimum Gasteiger partial charge on any atom is -0.309 e. The smallest absolute Gasteiger partial charge is 0.242 e. The van der Waals surface area contributed by atoms with Crippen molar-refractivity contribution in [2.75, 3.05) is 12.4 Å². The summed E-state index contributed by atoms with van der Waals surface area (Å²) in [5.74, 6) is 7.47. The Morgan fingerprint density at radius 2 is 1.76 bits per heavy atom. The number of carbonyl (C=O) groups excluding carboxylic acids is 1. The first kappa shape index (κ1) is 22.1. The predicted octanol–water partition coefficient (Wildman–Crippen LogP) is 4.20. The first-order valence-electron chi connectivity index (χ1n) is 10.9. The highest BCUT2D eigenvalue weighted by atomic mass is 16.2. The molecule has 0 radical (unpaired) electrons. The zero-order chi connectivity index (χ0) is 23.2. The lowest BCUT2D eigenvalue weighted by Gasteiger charge is -2.12. The van der Waals surface area contributed by atoms with Crippen LogP contribution in [-0.2, 0) is 11.2 Å². The number of fused-ring (bicyclic) bond motifs is 1. The van der Waals surface area contributed by atoms with Gasteiger partial charge in [-0.15, -0.1) is 0 Å². The summed E-state index contributed by atoms with van der Waals surface area (Å²) >= 11 is 0. The Kier molecular flexibility index (Phi) is 6.72. The number of anilines is 1. The molecule has 2 aromatic carbocycles. The molecule has 1 atom stereocenters. The average molecular weight is 436 g/mol. The Hall–Kier alpha value is -4.08. The SMILES string of the molecule is CCc1ncc(-c2ccc(NC(=O)C(C)NC)nc2C#Cc2ccc3ccccc3c2)cn1. The largest absolute Gasteiger partial charge is 0.309 e. The average Bonchev–Trinajstić information content (AvgIpc) is 2.87. The van der Waals surface area contributed by atoms with Gasteiger partial charge in [-0.05, 0) is 54.9 Å². The molecular weight excluding hydrogens is 410 g/mol. The van der Waals surface area contributed by atoms with Gasteiger partial charge < -0.3 is 10.6 Å². The van der Waals surface area contributed by atoms with Gasteiger partial charge in [-0.2, -0.15) is 0 Å². The molecule has 6 nitrogen and oxygen atoms in total. The molecule has 164 valence electrons. The highest BCUT2D eigenvalue weighted by molar-refractivity contribution is 5.94. The van der Waals surface area contributed by atoms with Crippen LogP contribution in [0.1, 0.15) is 30.9 Å². The van der Waals surface area contributed by atoms with E-state index in [2.05, 4.69) is 61.7 Å². The van der Waals surface area contributed by atoms with E-state index in [1.165, 1.54) is 5.39 Å². The standard InChI is InChI=1S/C27H25N5O/c1-4-25-29-16-22(17-30-25)23-12-14-26(32-27(33)18(2)28-3)31-24(23)13-10-19-9-11-20-7-5-6-8-21(20)15-19/h5-9,11-12,14-18,28H,4H2,1-3H3,(H,31,32,33). The van der Waals surface area contributed by atoms with Crippen LogP contribution >= 0.6 is 0 Å². The zero-order valence-electron chi connectivity index (χ0n) is 18.9. The van der Waals surface area contributed by atoms with Crippen LogP contribution in [0.3, 0.4) is 0 Å². The molecule has 0 aliphatic heterocycles. The van der Waals surface area contributed by atoms with Crippen molar-refractivity contribution in [3.63, 3.8) is 0 Å². The maximum absolute atomic E-state index is 12.3. The molecule has 0 fully saturated rings. The number of rotatable bonds is 5. The molecular formula is C27H25N5O. The molecule has 0 aliphatic rings. The molecule has 1 unspecified atom stereocenters. The van der Waals surface area contributed by atoms with Gasteiger partial charge in [0.15, 0.2) is 0 Å². The van der Waals surface area contributed by atoms with E-state index >= 15 is 0 Å². The molecule has 2 aromatic heterocycles. The molecule has 2 N–H and O–H groups in total. The number of amides is 1. The van der Waals surface area contributed by atoms with E-state index in [-0.39, 0.29) is 11.9 Å². The van der Waals surface area contributed by atoms with Gasteiger partial charge in [0.1, 0.15) is 17.3 Å². The molecule has 0 aliphatic carbocycles. The first-order chi connectivity index (χ1) is 16.1. The second-order valence-corrected chi connectivity index (χ2v) is 7.65. The Bertz CT molecular complexity index is 1350. The van der Waals surface area contributed by atoms with Gasteiger partial charge in [0.05, 0.1) is 6.04 Å². The zero-order valence-corrected chi connectivity index (χ0v) is 18.9. The summed E-state index contributed by atoms with van der Waals surface area (Å²) in [4.78, 5) is 25.8. The molecule has 1 amide bonds. The highest BCUT2D eigenvalue weighted by Crippen LogP contribution is 2.23. The van der Waals surface area contributed by atoms with Crippen molar-refractivity contribution in [2.24, 2.45) is 0 Å². The van der Waals surface area contributed by atoms with E-state index in [1.807, 2.05) is 31.2 Å². The summed E-state index contributed by atoms with van der Waals surface area (Å²) in [6, 6.07) is 17.6. The molecule has 0 bridgehead atoms. The normalized spacial score (nSPS) is 11.5. The van der Waals surface area contributed by atoms with E-state index < -0.39 is 0 Å². The van der Waals surface area contributed by atoms with Crippen LogP contribution in [0.25, 0.3) is 21.9 Å². The molecule has 33 heavy (non-hydrogen) atoms. The fourth-order valence-electron chi connectivity index (χ4n) is 3.30. The van der Waals surface area contributed by atoms with E-state index in [9.17, 15) is 4.79 Å². The molecule has 4 rings (SSSR count). The fraction of sp³-hybridized carbons (Fsp3) is 0.185. The van der Waals surface area contributed by atoms with Crippen LogP contribution in [0.15, 0.2) is 67.0 Å². The van der Waals surface area contributed by atoms with Crippen LogP contribution in [0, 0.1) is 11.8 Å². The topological polar surface area (TPSA) is 79.8 Å². The van der Waals surface area contributed by atoms with Crippen LogP contribution < -0.4 is 10.6 Å². The van der Waals surface area contributed by atoms with Crippen molar-refractivity contribution in [1.82, 2.24) is 20.3 Å². The number of nitrogens with one attached hydrogen (secondary N) is 2. The molecule has 0 saturated heterocycles. The number of hydrogen-bond donors (Lipinski definition) is 2. The number of likely N-dealkylation sites (N-methyl/N-ethyl adjacent to an activating group) is 1. The highest BCUT2D eigenvalue weighted by Gasteiger charge is 2.13. The monoisotopic (exact) mass is 435 g/mol. The lowest BCUT2D eigenvalue weighted by atomic mass is 10.1. The Morgan fingerprint density at radius 1 is 1.00 bits per heavy atom. The van der Waals surface area contributed by atoms with Crippen LogP contribution in [0.4, 0.5) is 5.82 Å². The molecule has 6 heteroatoms. The number of nitrogens with zero attached hydrogens (tertiary/aromatic N) is 3. The maximum atomic E-state index is 12.3. The molecule has 0 spiro atoms. The van der Waals surface area contributed by atoms with Gasteiger partial charge in [-0.1, -0.05) is 43.2 Å². The number of pyridine rings is 1. The first-order valence-corrected chi connectivity index (χ1v) is 10.9. The summed E-state index contributed by atoms with van der Waals surface area (Å²) in [6.07, 6.45) is 4.33. The minimum atomic E-state index is -0.339. The van der Waals surface area contributed by atoms with Crippen molar-refractivity contribution in [2.45, 2.75) is 26.3 Å². The summed E-state index contributed by atoms with van der Waals surface area (Å²) in [5.41, 5.74) is 3.07. The van der Waals surface area contributed by atoms with Crippen molar-refractivity contribution in [3.05, 3.63) is 84.1 Å². The molecule has 0 saturated carbocycles. The molecule has 2 heterocycles. The van der Waals surface area contributed by atoms with Gasteiger partial charge in [-0.25, -0.2) is 15.0 Å². The molecule has 4 aromatic rings. The van der Waals surface area contributed by atoms with Crippen LogP contribution in [-0.4, -0.2) is 33.9 Å². The van der Waals surface area contributed by atoms with Crippen molar-refractivity contribution in [1.29, 1.82) is 0 Å². The fourth-order valence-corrected chi connectivity index (χ4v) is 3.30. The Morgan fingerprint density at radius 3 is 2.48 bits per heavy atom. The lowest BCUT2D eigenvalue weighted by molar-refractivity contribution is -0.117. The van der Waals surface area contributed by atoms with E-state index in [1.54, 1.807) is 32.4 Å². The second kappa shape index (κ2) is 10.0. The second-order valence-electron chi connectivity index (χ2n) is 7.65. The minimum absolute atomic E-state index is 0.165. The van der Waals surface area contributed by atoms with Crippen LogP contribution in [0.2, 0.25) is 0 Å². The summed E-state index contributed by atoms with van der Waals surface area (Å²) in [6.45, 7) is 3.80. The van der Waals surface area contributed by atoms with E-state index in [4.69, 9.17) is 0 Å². The number of hydrogen-bond acceptors (Lipinski definition) is 5. The van der Waals surface area contributed by atoms with E-state index in [0.717, 1.165) is 34.3 Å². The number of carbonyl (C=O) groups is 1. The van der Waals surface area contributed by atoms with Gasteiger partial charge in [-0.3, -0.25) is 4.79 Å². The Labute approximate surface area is 193 Å². The summed E-state index contributed by atoms with van der Waals surface area (Å²) in [5, 5.41) is 8.06. The maximum Gasteiger partial charge on any atom is 0.242 e. The van der Waals surface area contributed by atoms with Gasteiger partial charge >= 0.3 is 0 Å². The quantitative estimate of drug-likeness (QED) is 0.459. The third kappa shape index (κ3) is 5.22. The van der Waals surface area contributed by atoms with E-state index in [0.29, 0.717) is 11.5 Å². The van der Waals surface area contributed by atoms with Gasteiger partial charge in [0, 0.05) is 35.5 Å². The number of aromatic nitrogens is 3. The van der Waals surface area contributed by atoms with Crippen molar-refractivity contribution < 1.29 is 4.79 Å². The summed E-state index contributed by atoms with van der Waals surface area (Å²) < 4.78 is 0. The van der Waals surface area contributed by atoms with Gasteiger partial charge in [0.2, 0.25) is 5.91 Å². The van der Waals surface area contributed by atoms with Crippen LogP contribution in [0.5, 0.6) is 0 Å². The Balaban J connectivity index is 1.74. The van der Waals surface area contributed by atoms with Crippen molar-refractivity contribution >= 4 is 22.5 Å². The number of aryl methyl sites for hydroxylation is 1. The summed E-state index contributed by atoms with van der Waals surface area (Å²) in [7, 11) is 1.74. The predicted molar refractivity (Wildman–Crippen MR) is 132 cm³/mol.